The van der Waals surface area contributed by atoms with Crippen molar-refractivity contribution in [2.75, 3.05) is 6.61 Å². The van der Waals surface area contributed by atoms with Crippen LogP contribution in [0, 0.1) is 17.2 Å². The second-order valence-electron chi connectivity index (χ2n) is 5.30. The molecule has 1 aromatic rings. The van der Waals surface area contributed by atoms with Gasteiger partial charge in [0.25, 0.3) is 5.91 Å². The fourth-order valence-electron chi connectivity index (χ4n) is 1.99. The molecule has 0 aromatic carbocycles. The van der Waals surface area contributed by atoms with Crippen LogP contribution in [0.2, 0.25) is 15.1 Å². The van der Waals surface area contributed by atoms with Gasteiger partial charge >= 0.3 is 5.97 Å². The van der Waals surface area contributed by atoms with Crippen molar-refractivity contribution < 1.29 is 14.3 Å². The van der Waals surface area contributed by atoms with Crippen molar-refractivity contribution in [1.82, 2.24) is 10.3 Å². The van der Waals surface area contributed by atoms with E-state index in [0.29, 0.717) is 0 Å². The van der Waals surface area contributed by atoms with Crippen LogP contribution < -0.4 is 5.32 Å². The highest BCUT2D eigenvalue weighted by atomic mass is 35.5. The van der Waals surface area contributed by atoms with E-state index in [1.165, 1.54) is 0 Å². The SMILES string of the molecule is C[C@@](C#N)(NC(=O)COC(=O)c1ncc(Cl)c(Cl)c1Cl)C1CC1. The van der Waals surface area contributed by atoms with Crippen LogP contribution in [0.15, 0.2) is 6.20 Å². The van der Waals surface area contributed by atoms with Crippen LogP contribution in [0.3, 0.4) is 0 Å². The highest BCUT2D eigenvalue weighted by molar-refractivity contribution is 6.48. The molecule has 122 valence electrons. The second kappa shape index (κ2) is 6.91. The van der Waals surface area contributed by atoms with Crippen molar-refractivity contribution in [2.45, 2.75) is 25.3 Å². The number of hydrogen-bond donors (Lipinski definition) is 1. The third-order valence-electron chi connectivity index (χ3n) is 3.47. The predicted molar refractivity (Wildman–Crippen MR) is 84.4 cm³/mol. The molecule has 0 spiro atoms. The predicted octanol–water partition coefficient (Wildman–Crippen LogP) is 3.01. The molecule has 1 heterocycles. The van der Waals surface area contributed by atoms with Crippen molar-refractivity contribution >= 4 is 46.7 Å². The molecule has 0 saturated heterocycles. The zero-order chi connectivity index (χ0) is 17.2. The lowest BCUT2D eigenvalue weighted by atomic mass is 9.98. The van der Waals surface area contributed by atoms with E-state index in [-0.39, 0.29) is 26.7 Å². The topological polar surface area (TPSA) is 92.1 Å². The van der Waals surface area contributed by atoms with E-state index < -0.39 is 24.0 Å². The van der Waals surface area contributed by atoms with Gasteiger partial charge in [0, 0.05) is 6.20 Å². The molecule has 0 aliphatic heterocycles. The molecular formula is C14H12Cl3N3O3. The Labute approximate surface area is 147 Å². The van der Waals surface area contributed by atoms with Gasteiger partial charge in [-0.2, -0.15) is 5.26 Å². The Balaban J connectivity index is 1.96. The fraction of sp³-hybridized carbons (Fsp3) is 0.429. The summed E-state index contributed by atoms with van der Waals surface area (Å²) in [5, 5.41) is 11.7. The average Bonchev–Trinajstić information content (AvgIpc) is 3.35. The van der Waals surface area contributed by atoms with Gasteiger partial charge in [0.05, 0.1) is 21.1 Å². The number of carbonyl (C=O) groups is 2. The Bertz CT molecular complexity index is 700. The van der Waals surface area contributed by atoms with Crippen LogP contribution in [0.25, 0.3) is 0 Å². The third kappa shape index (κ3) is 4.05. The van der Waals surface area contributed by atoms with Crippen molar-refractivity contribution in [3.8, 4) is 6.07 Å². The molecule has 9 heteroatoms. The lowest BCUT2D eigenvalue weighted by Gasteiger charge is -2.22. The van der Waals surface area contributed by atoms with Gasteiger partial charge in [-0.05, 0) is 25.7 Å². The Morgan fingerprint density at radius 3 is 2.65 bits per heavy atom. The summed E-state index contributed by atoms with van der Waals surface area (Å²) in [7, 11) is 0. The molecular weight excluding hydrogens is 365 g/mol. The fourth-order valence-corrected chi connectivity index (χ4v) is 2.55. The number of nitrogens with zero attached hydrogens (tertiary/aromatic N) is 2. The van der Waals surface area contributed by atoms with Gasteiger partial charge in [0.2, 0.25) is 0 Å². The summed E-state index contributed by atoms with van der Waals surface area (Å²) in [5.41, 5.74) is -1.19. The number of halogens is 3. The van der Waals surface area contributed by atoms with Crippen LogP contribution in [0.4, 0.5) is 0 Å². The largest absolute Gasteiger partial charge is 0.451 e. The first-order valence-electron chi connectivity index (χ1n) is 6.67. The first-order chi connectivity index (χ1) is 10.8. The minimum absolute atomic E-state index is 0.0227. The Hall–Kier alpha value is -1.55. The van der Waals surface area contributed by atoms with Crippen LogP contribution in [-0.2, 0) is 9.53 Å². The first kappa shape index (κ1) is 17.8. The number of amides is 1. The summed E-state index contributed by atoms with van der Waals surface area (Å²) in [4.78, 5) is 27.5. The van der Waals surface area contributed by atoms with E-state index in [4.69, 9.17) is 44.8 Å². The maximum Gasteiger partial charge on any atom is 0.359 e. The number of carbonyl (C=O) groups excluding carboxylic acids is 2. The summed E-state index contributed by atoms with van der Waals surface area (Å²) in [6, 6.07) is 2.08. The lowest BCUT2D eigenvalue weighted by molar-refractivity contribution is -0.125. The molecule has 2 rings (SSSR count). The van der Waals surface area contributed by atoms with Crippen molar-refractivity contribution in [1.29, 1.82) is 5.26 Å². The molecule has 0 radical (unpaired) electrons. The summed E-state index contributed by atoms with van der Waals surface area (Å²) < 4.78 is 4.85. The number of esters is 1. The molecule has 1 atom stereocenters. The highest BCUT2D eigenvalue weighted by Gasteiger charge is 2.43. The Morgan fingerprint density at radius 1 is 1.43 bits per heavy atom. The number of rotatable bonds is 5. The number of nitriles is 1. The molecule has 23 heavy (non-hydrogen) atoms. The minimum Gasteiger partial charge on any atom is -0.451 e. The van der Waals surface area contributed by atoms with E-state index in [9.17, 15) is 9.59 Å². The molecule has 1 aliphatic rings. The Kier molecular flexibility index (Phi) is 5.35. The highest BCUT2D eigenvalue weighted by Crippen LogP contribution is 2.39. The molecule has 1 N–H and O–H groups in total. The quantitative estimate of drug-likeness (QED) is 0.798. The van der Waals surface area contributed by atoms with Gasteiger partial charge < -0.3 is 10.1 Å². The van der Waals surface area contributed by atoms with Crippen molar-refractivity contribution in [3.05, 3.63) is 27.0 Å². The first-order valence-corrected chi connectivity index (χ1v) is 7.80. The average molecular weight is 377 g/mol. The lowest BCUT2D eigenvalue weighted by Crippen LogP contribution is -2.48. The van der Waals surface area contributed by atoms with Gasteiger partial charge in [-0.25, -0.2) is 9.78 Å². The van der Waals surface area contributed by atoms with E-state index in [2.05, 4.69) is 16.4 Å². The minimum atomic E-state index is -0.955. The molecule has 1 amide bonds. The van der Waals surface area contributed by atoms with Crippen molar-refractivity contribution in [2.24, 2.45) is 5.92 Å². The van der Waals surface area contributed by atoms with Crippen LogP contribution in [-0.4, -0.2) is 29.0 Å². The normalized spacial score (nSPS) is 16.1. The molecule has 1 aromatic heterocycles. The number of pyridine rings is 1. The maximum absolute atomic E-state index is 11.9. The zero-order valence-electron chi connectivity index (χ0n) is 12.0. The van der Waals surface area contributed by atoms with E-state index in [1.807, 2.05) is 0 Å². The summed E-state index contributed by atoms with van der Waals surface area (Å²) in [6.45, 7) is 1.09. The Morgan fingerprint density at radius 2 is 2.09 bits per heavy atom. The number of ether oxygens (including phenoxy) is 1. The molecule has 6 nitrogen and oxygen atoms in total. The van der Waals surface area contributed by atoms with Crippen LogP contribution >= 0.6 is 34.8 Å². The monoisotopic (exact) mass is 375 g/mol. The van der Waals surface area contributed by atoms with E-state index >= 15 is 0 Å². The molecule has 1 fully saturated rings. The standard InChI is InChI=1S/C14H12Cl3N3O3/c1-14(6-18,7-2-3-7)20-9(21)5-23-13(22)12-11(17)10(16)8(15)4-19-12/h4,7H,2-3,5H2,1H3,(H,20,21)/t14-/m0/s1. The molecule has 0 bridgehead atoms. The van der Waals surface area contributed by atoms with Crippen LogP contribution in [0.5, 0.6) is 0 Å². The number of nitrogens with one attached hydrogen (secondary N) is 1. The summed E-state index contributed by atoms with van der Waals surface area (Å²) in [6.07, 6.45) is 2.92. The van der Waals surface area contributed by atoms with E-state index in [1.54, 1.807) is 6.92 Å². The zero-order valence-corrected chi connectivity index (χ0v) is 14.3. The van der Waals surface area contributed by atoms with Crippen LogP contribution in [0.1, 0.15) is 30.3 Å². The maximum atomic E-state index is 11.9. The van der Waals surface area contributed by atoms with Gasteiger partial charge in [-0.1, -0.05) is 34.8 Å². The van der Waals surface area contributed by atoms with E-state index in [0.717, 1.165) is 19.0 Å². The second-order valence-corrected chi connectivity index (χ2v) is 6.46. The molecule has 1 aliphatic carbocycles. The third-order valence-corrected chi connectivity index (χ3v) is 4.71. The summed E-state index contributed by atoms with van der Waals surface area (Å²) in [5.74, 6) is -1.36. The van der Waals surface area contributed by atoms with Crippen molar-refractivity contribution in [3.63, 3.8) is 0 Å². The number of aromatic nitrogens is 1. The van der Waals surface area contributed by atoms with Gasteiger partial charge in [-0.3, -0.25) is 4.79 Å². The van der Waals surface area contributed by atoms with Gasteiger partial charge in [-0.15, -0.1) is 0 Å². The molecule has 0 unspecified atom stereocenters. The summed E-state index contributed by atoms with van der Waals surface area (Å²) >= 11 is 17.4. The van der Waals surface area contributed by atoms with Gasteiger partial charge in [0.1, 0.15) is 5.54 Å². The molecule has 1 saturated carbocycles. The number of hydrogen-bond acceptors (Lipinski definition) is 5. The van der Waals surface area contributed by atoms with Gasteiger partial charge in [0.15, 0.2) is 12.3 Å². The smallest absolute Gasteiger partial charge is 0.359 e.